The van der Waals surface area contributed by atoms with Crippen molar-refractivity contribution in [2.45, 2.75) is 39.7 Å². The van der Waals surface area contributed by atoms with Gasteiger partial charge in [-0.1, -0.05) is 20.8 Å². The molecule has 0 aliphatic heterocycles. The number of rotatable bonds is 3. The van der Waals surface area contributed by atoms with E-state index in [4.69, 9.17) is 5.73 Å². The van der Waals surface area contributed by atoms with Gasteiger partial charge >= 0.3 is 0 Å². The van der Waals surface area contributed by atoms with Crippen LogP contribution in [0.15, 0.2) is 0 Å². The van der Waals surface area contributed by atoms with E-state index in [0.717, 1.165) is 12.8 Å². The Kier molecular flexibility index (Phi) is 2.01. The predicted molar refractivity (Wildman–Crippen MR) is 46.2 cm³/mol. The molecule has 0 radical (unpaired) electrons. The van der Waals surface area contributed by atoms with Gasteiger partial charge in [-0.05, 0) is 30.2 Å². The van der Waals surface area contributed by atoms with Gasteiger partial charge in [0.15, 0.2) is 0 Å². The molecule has 0 saturated heterocycles. The number of hydrogen-bond donors (Lipinski definition) is 2. The molecule has 0 bridgehead atoms. The highest BCUT2D eigenvalue weighted by atomic mass is 16.3. The first-order valence-corrected chi connectivity index (χ1v) is 4.32. The van der Waals surface area contributed by atoms with E-state index in [1.807, 2.05) is 0 Å². The van der Waals surface area contributed by atoms with Crippen molar-refractivity contribution in [2.24, 2.45) is 16.6 Å². The molecule has 0 aromatic carbocycles. The Labute approximate surface area is 68.8 Å². The molecule has 3 N–H and O–H groups in total. The van der Waals surface area contributed by atoms with Gasteiger partial charge < -0.3 is 10.8 Å². The summed E-state index contributed by atoms with van der Waals surface area (Å²) in [4.78, 5) is 0. The molecule has 0 heterocycles. The SMILES string of the molecule is CC1(C)CC1(C)C(O)CCN. The Bertz CT molecular complexity index is 156. The number of aliphatic hydroxyl groups excluding tert-OH is 1. The van der Waals surface area contributed by atoms with E-state index in [-0.39, 0.29) is 11.5 Å². The number of aliphatic hydroxyl groups is 1. The molecule has 0 aromatic rings. The monoisotopic (exact) mass is 157 g/mol. The molecule has 0 spiro atoms. The summed E-state index contributed by atoms with van der Waals surface area (Å²) in [6.07, 6.45) is 1.66. The van der Waals surface area contributed by atoms with E-state index >= 15 is 0 Å². The maximum Gasteiger partial charge on any atom is 0.0611 e. The van der Waals surface area contributed by atoms with Crippen molar-refractivity contribution in [2.75, 3.05) is 6.54 Å². The summed E-state index contributed by atoms with van der Waals surface area (Å²) in [5, 5.41) is 9.70. The number of nitrogens with two attached hydrogens (primary N) is 1. The molecule has 0 aromatic heterocycles. The van der Waals surface area contributed by atoms with Crippen LogP contribution in [-0.2, 0) is 0 Å². The summed E-state index contributed by atoms with van der Waals surface area (Å²) >= 11 is 0. The Morgan fingerprint density at radius 2 is 1.91 bits per heavy atom. The van der Waals surface area contributed by atoms with Gasteiger partial charge in [0.25, 0.3) is 0 Å². The van der Waals surface area contributed by atoms with E-state index in [1.165, 1.54) is 0 Å². The van der Waals surface area contributed by atoms with Crippen LogP contribution in [0.1, 0.15) is 33.6 Å². The van der Waals surface area contributed by atoms with Crippen molar-refractivity contribution in [1.29, 1.82) is 0 Å². The van der Waals surface area contributed by atoms with Crippen LogP contribution in [-0.4, -0.2) is 17.8 Å². The Morgan fingerprint density at radius 1 is 1.45 bits per heavy atom. The van der Waals surface area contributed by atoms with Crippen molar-refractivity contribution in [3.8, 4) is 0 Å². The fourth-order valence-electron chi connectivity index (χ4n) is 1.92. The van der Waals surface area contributed by atoms with Gasteiger partial charge in [0.05, 0.1) is 6.10 Å². The second-order valence-electron chi connectivity index (χ2n) is 4.57. The maximum atomic E-state index is 9.70. The molecule has 2 heteroatoms. The molecule has 11 heavy (non-hydrogen) atoms. The van der Waals surface area contributed by atoms with Crippen LogP contribution < -0.4 is 5.73 Å². The second kappa shape index (κ2) is 2.46. The highest BCUT2D eigenvalue weighted by Gasteiger charge is 2.60. The third-order valence-electron chi connectivity index (χ3n) is 3.41. The smallest absolute Gasteiger partial charge is 0.0611 e. The third kappa shape index (κ3) is 1.30. The first-order valence-electron chi connectivity index (χ1n) is 4.32. The summed E-state index contributed by atoms with van der Waals surface area (Å²) in [6, 6.07) is 0. The molecule has 2 nitrogen and oxygen atoms in total. The summed E-state index contributed by atoms with van der Waals surface area (Å²) in [7, 11) is 0. The first-order chi connectivity index (χ1) is 4.94. The molecule has 66 valence electrons. The lowest BCUT2D eigenvalue weighted by Gasteiger charge is -2.21. The molecular weight excluding hydrogens is 138 g/mol. The third-order valence-corrected chi connectivity index (χ3v) is 3.41. The number of hydrogen-bond acceptors (Lipinski definition) is 2. The van der Waals surface area contributed by atoms with Gasteiger partial charge in [-0.3, -0.25) is 0 Å². The Balaban J connectivity index is 2.49. The molecular formula is C9H19NO. The van der Waals surface area contributed by atoms with Crippen molar-refractivity contribution in [1.82, 2.24) is 0 Å². The van der Waals surface area contributed by atoms with Crippen LogP contribution >= 0.6 is 0 Å². The summed E-state index contributed by atoms with van der Waals surface area (Å²) < 4.78 is 0. The molecule has 2 atom stereocenters. The quantitative estimate of drug-likeness (QED) is 0.645. The molecule has 1 fully saturated rings. The zero-order valence-corrected chi connectivity index (χ0v) is 7.72. The van der Waals surface area contributed by atoms with Gasteiger partial charge in [0.2, 0.25) is 0 Å². The minimum absolute atomic E-state index is 0.131. The van der Waals surface area contributed by atoms with Crippen LogP contribution in [0.5, 0.6) is 0 Å². The lowest BCUT2D eigenvalue weighted by Crippen LogP contribution is -2.26. The average Bonchev–Trinajstić information content (AvgIpc) is 2.35. The van der Waals surface area contributed by atoms with Gasteiger partial charge in [-0.25, -0.2) is 0 Å². The Morgan fingerprint density at radius 3 is 2.18 bits per heavy atom. The fraction of sp³-hybridized carbons (Fsp3) is 1.00. The van der Waals surface area contributed by atoms with Crippen molar-refractivity contribution < 1.29 is 5.11 Å². The van der Waals surface area contributed by atoms with Crippen LogP contribution in [0.4, 0.5) is 0 Å². The molecule has 0 amide bonds. The van der Waals surface area contributed by atoms with Crippen LogP contribution in [0.3, 0.4) is 0 Å². The summed E-state index contributed by atoms with van der Waals surface area (Å²) in [5.41, 5.74) is 5.83. The summed E-state index contributed by atoms with van der Waals surface area (Å²) in [5.74, 6) is 0. The molecule has 1 saturated carbocycles. The normalized spacial score (nSPS) is 36.8. The average molecular weight is 157 g/mol. The fourth-order valence-corrected chi connectivity index (χ4v) is 1.92. The molecule has 2 unspecified atom stereocenters. The zero-order chi connectivity index (χ0) is 8.70. The highest BCUT2D eigenvalue weighted by molar-refractivity contribution is 5.10. The van der Waals surface area contributed by atoms with Gasteiger partial charge in [-0.15, -0.1) is 0 Å². The van der Waals surface area contributed by atoms with Crippen molar-refractivity contribution in [3.05, 3.63) is 0 Å². The van der Waals surface area contributed by atoms with E-state index in [1.54, 1.807) is 0 Å². The second-order valence-corrected chi connectivity index (χ2v) is 4.57. The molecule has 1 rings (SSSR count). The highest BCUT2D eigenvalue weighted by Crippen LogP contribution is 2.65. The molecule has 1 aliphatic carbocycles. The largest absolute Gasteiger partial charge is 0.392 e. The topological polar surface area (TPSA) is 46.2 Å². The van der Waals surface area contributed by atoms with E-state index in [2.05, 4.69) is 20.8 Å². The zero-order valence-electron chi connectivity index (χ0n) is 7.72. The van der Waals surface area contributed by atoms with Gasteiger partial charge in [-0.2, -0.15) is 0 Å². The Hall–Kier alpha value is -0.0800. The van der Waals surface area contributed by atoms with E-state index in [0.29, 0.717) is 12.0 Å². The summed E-state index contributed by atoms with van der Waals surface area (Å²) in [6.45, 7) is 7.14. The van der Waals surface area contributed by atoms with E-state index in [9.17, 15) is 5.11 Å². The molecule has 1 aliphatic rings. The van der Waals surface area contributed by atoms with Gasteiger partial charge in [0, 0.05) is 0 Å². The lowest BCUT2D eigenvalue weighted by atomic mass is 9.90. The first kappa shape index (κ1) is 9.01. The minimum Gasteiger partial charge on any atom is -0.392 e. The minimum atomic E-state index is -0.206. The van der Waals surface area contributed by atoms with E-state index < -0.39 is 0 Å². The lowest BCUT2D eigenvalue weighted by molar-refractivity contribution is 0.0758. The standard InChI is InChI=1S/C9H19NO/c1-8(2)6-9(8,3)7(11)4-5-10/h7,11H,4-6,10H2,1-3H3. The van der Waals surface area contributed by atoms with Crippen LogP contribution in [0.25, 0.3) is 0 Å². The van der Waals surface area contributed by atoms with Gasteiger partial charge in [0.1, 0.15) is 0 Å². The van der Waals surface area contributed by atoms with Crippen molar-refractivity contribution >= 4 is 0 Å². The maximum absolute atomic E-state index is 9.70. The van der Waals surface area contributed by atoms with Crippen molar-refractivity contribution in [3.63, 3.8) is 0 Å². The van der Waals surface area contributed by atoms with Crippen LogP contribution in [0, 0.1) is 10.8 Å². The predicted octanol–water partition coefficient (Wildman–Crippen LogP) is 1.13. The van der Waals surface area contributed by atoms with Crippen LogP contribution in [0.2, 0.25) is 0 Å².